The molecule has 7 aromatic rings. The zero-order chi connectivity index (χ0) is 50.1. The number of phenolic OH excluding ortho intramolecular Hbond substituents is 2. The monoisotopic (exact) mass is 994 g/mol. The number of hydrogen-bond acceptors (Lipinski definition) is 13. The predicted octanol–water partition coefficient (Wildman–Crippen LogP) is 8.37. The number of fused-ring (bicyclic) bond motifs is 1. The number of ether oxygens (including phenoxy) is 3. The second-order valence-corrected chi connectivity index (χ2v) is 19.6. The number of amides is 2. The predicted molar refractivity (Wildman–Crippen MR) is 274 cm³/mol. The van der Waals surface area contributed by atoms with Crippen LogP contribution in [0, 0.1) is 12.8 Å². The van der Waals surface area contributed by atoms with E-state index >= 15 is 0 Å². The highest BCUT2D eigenvalue weighted by molar-refractivity contribution is 7.10. The fraction of sp³-hybridized carbons (Fsp3) is 0.382. The smallest absolute Gasteiger partial charge is 0.246 e. The molecule has 1 aliphatic carbocycles. The van der Waals surface area contributed by atoms with Crippen molar-refractivity contribution in [2.45, 2.75) is 96.6 Å². The van der Waals surface area contributed by atoms with Crippen molar-refractivity contribution in [1.29, 1.82) is 0 Å². The molecule has 3 aromatic heterocycles. The largest absolute Gasteiger partial charge is 0.508 e. The van der Waals surface area contributed by atoms with Crippen molar-refractivity contribution in [2.24, 2.45) is 5.92 Å². The first kappa shape index (κ1) is 49.9. The van der Waals surface area contributed by atoms with Crippen molar-refractivity contribution in [3.05, 3.63) is 136 Å². The first-order chi connectivity index (χ1) is 35.0. The summed E-state index contributed by atoms with van der Waals surface area (Å²) in [5.74, 6) is 1.30. The Hall–Kier alpha value is -7.08. The number of aryl methyl sites for hydroxylation is 1. The molecule has 0 bridgehead atoms. The van der Waals surface area contributed by atoms with E-state index in [0.717, 1.165) is 89.0 Å². The quantitative estimate of drug-likeness (QED) is 0.0398. The summed E-state index contributed by atoms with van der Waals surface area (Å²) in [4.78, 5) is 47.6. The molecule has 1 saturated carbocycles. The second-order valence-electron chi connectivity index (χ2n) is 18.7. The Morgan fingerprint density at radius 2 is 1.64 bits per heavy atom. The van der Waals surface area contributed by atoms with Crippen LogP contribution in [-0.2, 0) is 34.0 Å². The van der Waals surface area contributed by atoms with Crippen molar-refractivity contribution < 1.29 is 38.8 Å². The summed E-state index contributed by atoms with van der Waals surface area (Å²) in [7, 11) is 1.74. The number of ketones is 1. The summed E-state index contributed by atoms with van der Waals surface area (Å²) in [6.07, 6.45) is 8.46. The number of rotatable bonds is 21. The van der Waals surface area contributed by atoms with E-state index in [9.17, 15) is 24.6 Å². The van der Waals surface area contributed by atoms with Gasteiger partial charge in [0, 0.05) is 34.9 Å². The molecule has 2 amide bonds. The molecule has 0 spiro atoms. The van der Waals surface area contributed by atoms with Gasteiger partial charge in [-0.1, -0.05) is 48.7 Å². The van der Waals surface area contributed by atoms with Crippen LogP contribution in [0.4, 0.5) is 0 Å². The molecule has 4 N–H and O–H groups in total. The number of hydrogen-bond donors (Lipinski definition) is 4. The highest BCUT2D eigenvalue weighted by atomic mass is 32.1. The van der Waals surface area contributed by atoms with Crippen molar-refractivity contribution in [2.75, 3.05) is 33.4 Å². The summed E-state index contributed by atoms with van der Waals surface area (Å²) in [6, 6.07) is 26.4. The number of carbonyl (C=O) groups is 3. The third kappa shape index (κ3) is 11.6. The summed E-state index contributed by atoms with van der Waals surface area (Å²) in [5.41, 5.74) is 6.57. The van der Waals surface area contributed by atoms with E-state index in [1.54, 1.807) is 72.6 Å². The Labute approximate surface area is 422 Å². The van der Waals surface area contributed by atoms with Crippen molar-refractivity contribution in [1.82, 2.24) is 40.1 Å². The molecule has 0 unspecified atom stereocenters. The Bertz CT molecular complexity index is 2980. The molecule has 16 nitrogen and oxygen atoms in total. The lowest BCUT2D eigenvalue weighted by Gasteiger charge is -2.35. The molecule has 9 rings (SSSR count). The first-order valence-electron chi connectivity index (χ1n) is 24.8. The molecule has 0 radical (unpaired) electrons. The van der Waals surface area contributed by atoms with Crippen LogP contribution in [0.1, 0.15) is 95.8 Å². The second kappa shape index (κ2) is 23.0. The van der Waals surface area contributed by atoms with Gasteiger partial charge in [0.2, 0.25) is 17.6 Å². The number of likely N-dealkylation sites (N-methyl/N-ethyl adjacent to an activating group) is 1. The molecule has 1 aliphatic heterocycles. The van der Waals surface area contributed by atoms with E-state index in [1.165, 1.54) is 11.3 Å². The summed E-state index contributed by atoms with van der Waals surface area (Å²) in [5, 5.41) is 38.1. The fourth-order valence-electron chi connectivity index (χ4n) is 9.85. The minimum Gasteiger partial charge on any atom is -0.508 e. The zero-order valence-corrected chi connectivity index (χ0v) is 41.8. The van der Waals surface area contributed by atoms with E-state index in [4.69, 9.17) is 19.2 Å². The number of phenols is 2. The molecule has 17 heteroatoms. The maximum Gasteiger partial charge on any atom is 0.246 e. The normalized spacial score (nSPS) is 15.9. The Kier molecular flexibility index (Phi) is 15.9. The van der Waals surface area contributed by atoms with Gasteiger partial charge in [-0.15, -0.1) is 16.4 Å². The van der Waals surface area contributed by atoms with E-state index in [2.05, 4.69) is 32.4 Å². The molecule has 4 aromatic carbocycles. The van der Waals surface area contributed by atoms with Gasteiger partial charge in [-0.05, 0) is 136 Å². The number of aromatic nitrogens is 5. The van der Waals surface area contributed by atoms with Gasteiger partial charge in [0.1, 0.15) is 58.6 Å². The lowest BCUT2D eigenvalue weighted by molar-refractivity contribution is -0.139. The van der Waals surface area contributed by atoms with Crippen LogP contribution < -0.4 is 20.1 Å². The van der Waals surface area contributed by atoms with Crippen LogP contribution in [0.2, 0.25) is 0 Å². The minimum atomic E-state index is -0.586. The highest BCUT2D eigenvalue weighted by Crippen LogP contribution is 2.38. The fourth-order valence-corrected chi connectivity index (χ4v) is 10.8. The third-order valence-electron chi connectivity index (χ3n) is 13.8. The lowest BCUT2D eigenvalue weighted by Crippen LogP contribution is -2.55. The number of aromatic hydroxyl groups is 2. The lowest BCUT2D eigenvalue weighted by atomic mass is 9.83. The molecule has 3 atom stereocenters. The Morgan fingerprint density at radius 3 is 2.43 bits per heavy atom. The molecule has 2 aliphatic rings. The van der Waals surface area contributed by atoms with Crippen LogP contribution in [0.5, 0.6) is 23.0 Å². The Morgan fingerprint density at radius 1 is 0.861 bits per heavy atom. The molecule has 4 heterocycles. The average molecular weight is 995 g/mol. The molecular formula is C55H62N8O8S. The number of carbonyl (C=O) groups excluding carboxylic acids is 3. The van der Waals surface area contributed by atoms with Crippen molar-refractivity contribution in [3.63, 3.8) is 0 Å². The SMILES string of the molecule is CN[C@@H](C)C(=O)N[C@H](C(=O)N1CCC[C@H]1c1nc(C(=O)c2cccc(OCCOCc3cn(CCOc4ccc(Cn5c(-c6ccc(O)cc6)c(C)c6cc(O)ccc65)cc4)nn3)c2)cs1)C1CCCCC1. The number of benzene rings is 4. The van der Waals surface area contributed by atoms with E-state index in [0.29, 0.717) is 48.9 Å². The molecule has 2 fully saturated rings. The van der Waals surface area contributed by atoms with Gasteiger partial charge in [-0.2, -0.15) is 0 Å². The van der Waals surface area contributed by atoms with Gasteiger partial charge in [0.25, 0.3) is 0 Å². The van der Waals surface area contributed by atoms with Gasteiger partial charge in [-0.25, -0.2) is 9.67 Å². The Balaban J connectivity index is 0.718. The number of nitrogens with one attached hydrogen (secondary N) is 2. The number of thiazole rings is 1. The van der Waals surface area contributed by atoms with Crippen molar-refractivity contribution >= 4 is 39.8 Å². The topological polar surface area (TPSA) is 195 Å². The summed E-state index contributed by atoms with van der Waals surface area (Å²) in [6.45, 7) is 6.70. The van der Waals surface area contributed by atoms with E-state index < -0.39 is 12.1 Å². The average Bonchev–Trinajstić information content (AvgIpc) is 4.24. The minimum absolute atomic E-state index is 0.0628. The summed E-state index contributed by atoms with van der Waals surface area (Å²) < 4.78 is 21.8. The van der Waals surface area contributed by atoms with Gasteiger partial charge in [0.05, 0.1) is 43.7 Å². The number of nitrogens with zero attached hydrogens (tertiary/aromatic N) is 6. The maximum absolute atomic E-state index is 14.2. The standard InChI is InChI=1S/C55H62N8O8S/c1-35-46-30-43(65)20-23-48(46)63(51(35)39-16-18-42(64)19-17-39)31-37-14-21-44(22-15-37)70-26-25-61-32-41(59-60-61)33-69-27-28-71-45-12-7-11-40(29-45)52(66)47-34-72-54(57-47)49-13-8-24-62(49)55(68)50(38-9-5-4-6-10-38)58-53(67)36(2)56-3/h7,11-12,14-23,29-30,32,34,36,38,49-50,56,64-65H,4-6,8-10,13,24-28,31,33H2,1-3H3,(H,58,67)/t36-,49-,50-/m0/s1. The maximum atomic E-state index is 14.2. The van der Waals surface area contributed by atoms with Gasteiger partial charge in [0.15, 0.2) is 0 Å². The molecular weight excluding hydrogens is 933 g/mol. The van der Waals surface area contributed by atoms with Crippen molar-refractivity contribution in [3.8, 4) is 34.3 Å². The van der Waals surface area contributed by atoms with Crippen LogP contribution in [0.25, 0.3) is 22.2 Å². The highest BCUT2D eigenvalue weighted by Gasteiger charge is 2.40. The van der Waals surface area contributed by atoms with Crippen LogP contribution >= 0.6 is 11.3 Å². The van der Waals surface area contributed by atoms with Gasteiger partial charge < -0.3 is 44.5 Å². The van der Waals surface area contributed by atoms with E-state index in [-0.39, 0.29) is 60.9 Å². The van der Waals surface area contributed by atoms with Crippen LogP contribution in [-0.4, -0.2) is 103 Å². The molecule has 1 saturated heterocycles. The van der Waals surface area contributed by atoms with Crippen LogP contribution in [0.3, 0.4) is 0 Å². The van der Waals surface area contributed by atoms with Gasteiger partial charge in [-0.3, -0.25) is 14.4 Å². The van der Waals surface area contributed by atoms with Gasteiger partial charge >= 0.3 is 0 Å². The molecule has 376 valence electrons. The van der Waals surface area contributed by atoms with E-state index in [1.807, 2.05) is 53.6 Å². The van der Waals surface area contributed by atoms with Crippen LogP contribution in [0.15, 0.2) is 103 Å². The number of likely N-dealkylation sites (tertiary alicyclic amines) is 1. The zero-order valence-electron chi connectivity index (χ0n) is 41.0. The molecule has 72 heavy (non-hydrogen) atoms. The third-order valence-corrected chi connectivity index (χ3v) is 14.8. The first-order valence-corrected chi connectivity index (χ1v) is 25.7. The summed E-state index contributed by atoms with van der Waals surface area (Å²) >= 11 is 1.39.